The zero-order chi connectivity index (χ0) is 18.2. The van der Waals surface area contributed by atoms with E-state index in [0.29, 0.717) is 11.4 Å². The van der Waals surface area contributed by atoms with Crippen LogP contribution < -0.4 is 10.2 Å². The third kappa shape index (κ3) is 4.91. The summed E-state index contributed by atoms with van der Waals surface area (Å²) in [7, 11) is 0. The van der Waals surface area contributed by atoms with Crippen molar-refractivity contribution in [1.29, 1.82) is 0 Å². The lowest BCUT2D eigenvalue weighted by Crippen LogP contribution is -2.36. The number of hydrogen-bond acceptors (Lipinski definition) is 4. The number of nitrogens with zero attached hydrogens (tertiary/aromatic N) is 1. The van der Waals surface area contributed by atoms with E-state index in [0.717, 1.165) is 0 Å². The summed E-state index contributed by atoms with van der Waals surface area (Å²) in [5.41, 5.74) is 1.25. The molecule has 0 saturated heterocycles. The van der Waals surface area contributed by atoms with E-state index >= 15 is 0 Å². The number of nitrogens with one attached hydrogen (secondary N) is 1. The predicted molar refractivity (Wildman–Crippen MR) is 95.5 cm³/mol. The molecule has 0 unspecified atom stereocenters. The van der Waals surface area contributed by atoms with E-state index in [9.17, 15) is 14.4 Å². The van der Waals surface area contributed by atoms with Crippen LogP contribution in [0.5, 0.6) is 0 Å². The van der Waals surface area contributed by atoms with Gasteiger partial charge in [0.25, 0.3) is 0 Å². The minimum absolute atomic E-state index is 0.156. The third-order valence-corrected chi connectivity index (χ3v) is 3.45. The van der Waals surface area contributed by atoms with Crippen LogP contribution in [0.1, 0.15) is 24.2 Å². The first-order chi connectivity index (χ1) is 12.0. The number of rotatable bonds is 6. The average Bonchev–Trinajstić information content (AvgIpc) is 2.61. The number of hydrogen-bond donors (Lipinski definition) is 1. The maximum atomic E-state index is 12.4. The van der Waals surface area contributed by atoms with Gasteiger partial charge in [-0.1, -0.05) is 30.3 Å². The first kappa shape index (κ1) is 18.2. The summed E-state index contributed by atoms with van der Waals surface area (Å²) in [6.45, 7) is 3.19. The maximum Gasteiger partial charge on any atom is 0.340 e. The van der Waals surface area contributed by atoms with Crippen LogP contribution in [0.2, 0.25) is 0 Å². The van der Waals surface area contributed by atoms with Crippen LogP contribution in [0.3, 0.4) is 0 Å². The number of ether oxygens (including phenoxy) is 1. The summed E-state index contributed by atoms with van der Waals surface area (Å²) in [4.78, 5) is 37.6. The first-order valence-corrected chi connectivity index (χ1v) is 7.92. The van der Waals surface area contributed by atoms with Crippen LogP contribution in [0.25, 0.3) is 0 Å². The summed E-state index contributed by atoms with van der Waals surface area (Å²) >= 11 is 0. The lowest BCUT2D eigenvalue weighted by Gasteiger charge is -2.21. The molecule has 0 atom stereocenters. The van der Waals surface area contributed by atoms with Gasteiger partial charge in [-0.15, -0.1) is 0 Å². The van der Waals surface area contributed by atoms with Crippen molar-refractivity contribution in [3.8, 4) is 0 Å². The van der Waals surface area contributed by atoms with E-state index in [1.807, 2.05) is 6.07 Å². The van der Waals surface area contributed by atoms with Gasteiger partial charge in [-0.05, 0) is 31.2 Å². The molecular weight excluding hydrogens is 320 g/mol. The molecule has 0 heterocycles. The van der Waals surface area contributed by atoms with E-state index < -0.39 is 11.9 Å². The fourth-order valence-corrected chi connectivity index (χ4v) is 2.30. The van der Waals surface area contributed by atoms with Crippen LogP contribution in [-0.4, -0.2) is 30.9 Å². The molecule has 2 aromatic carbocycles. The SMILES string of the molecule is CCOC(=O)c1ccccc1NC(=O)CN(C(C)=O)c1ccccc1. The Morgan fingerprint density at radius 2 is 1.64 bits per heavy atom. The van der Waals surface area contributed by atoms with E-state index in [1.54, 1.807) is 55.5 Å². The molecule has 0 aliphatic rings. The van der Waals surface area contributed by atoms with E-state index in [2.05, 4.69) is 5.32 Å². The van der Waals surface area contributed by atoms with Crippen molar-refractivity contribution in [3.63, 3.8) is 0 Å². The number of benzene rings is 2. The van der Waals surface area contributed by atoms with E-state index in [1.165, 1.54) is 11.8 Å². The van der Waals surface area contributed by atoms with Gasteiger partial charge in [0, 0.05) is 12.6 Å². The van der Waals surface area contributed by atoms with Gasteiger partial charge >= 0.3 is 5.97 Å². The second kappa shape index (κ2) is 8.63. The highest BCUT2D eigenvalue weighted by atomic mass is 16.5. The van der Waals surface area contributed by atoms with Crippen molar-refractivity contribution in [2.24, 2.45) is 0 Å². The third-order valence-electron chi connectivity index (χ3n) is 3.45. The quantitative estimate of drug-likeness (QED) is 0.821. The van der Waals surface area contributed by atoms with Crippen LogP contribution in [0, 0.1) is 0 Å². The van der Waals surface area contributed by atoms with Crippen LogP contribution in [-0.2, 0) is 14.3 Å². The maximum absolute atomic E-state index is 12.4. The summed E-state index contributed by atoms with van der Waals surface area (Å²) in [5, 5.41) is 2.67. The Hall–Kier alpha value is -3.15. The van der Waals surface area contributed by atoms with Gasteiger partial charge in [0.05, 0.1) is 17.9 Å². The zero-order valence-electron chi connectivity index (χ0n) is 14.2. The smallest absolute Gasteiger partial charge is 0.340 e. The molecule has 0 fully saturated rings. The predicted octanol–water partition coefficient (Wildman–Crippen LogP) is 2.85. The van der Waals surface area contributed by atoms with Gasteiger partial charge in [0.1, 0.15) is 6.54 Å². The van der Waals surface area contributed by atoms with Crippen molar-refractivity contribution in [2.45, 2.75) is 13.8 Å². The molecule has 2 aromatic rings. The van der Waals surface area contributed by atoms with Crippen LogP contribution in [0.4, 0.5) is 11.4 Å². The zero-order valence-corrected chi connectivity index (χ0v) is 14.2. The average molecular weight is 340 g/mol. The molecule has 6 heteroatoms. The Morgan fingerprint density at radius 1 is 1.00 bits per heavy atom. The highest BCUT2D eigenvalue weighted by Gasteiger charge is 2.18. The molecule has 25 heavy (non-hydrogen) atoms. The van der Waals surface area contributed by atoms with Gasteiger partial charge in [-0.25, -0.2) is 4.79 Å². The van der Waals surface area contributed by atoms with Gasteiger partial charge in [0.15, 0.2) is 0 Å². The standard InChI is InChI=1S/C19H20N2O4/c1-3-25-19(24)16-11-7-8-12-17(16)20-18(23)13-21(14(2)22)15-9-5-4-6-10-15/h4-12H,3,13H2,1-2H3,(H,20,23). The number of carbonyl (C=O) groups excluding carboxylic acids is 3. The molecule has 0 aliphatic heterocycles. The highest BCUT2D eigenvalue weighted by molar-refractivity contribution is 6.05. The van der Waals surface area contributed by atoms with Gasteiger partial charge in [-0.3, -0.25) is 9.59 Å². The summed E-state index contributed by atoms with van der Waals surface area (Å²) in [6.07, 6.45) is 0. The fraction of sp³-hybridized carbons (Fsp3) is 0.211. The van der Waals surface area contributed by atoms with Crippen LogP contribution >= 0.6 is 0 Å². The lowest BCUT2D eigenvalue weighted by molar-refractivity contribution is -0.120. The Labute approximate surface area is 146 Å². The molecule has 0 aromatic heterocycles. The van der Waals surface area contributed by atoms with Crippen molar-refractivity contribution >= 4 is 29.2 Å². The van der Waals surface area contributed by atoms with E-state index in [-0.39, 0.29) is 24.6 Å². The normalized spacial score (nSPS) is 10.0. The van der Waals surface area contributed by atoms with Crippen molar-refractivity contribution in [3.05, 3.63) is 60.2 Å². The summed E-state index contributed by atoms with van der Waals surface area (Å²) in [6, 6.07) is 15.5. The molecule has 1 N–H and O–H groups in total. The largest absolute Gasteiger partial charge is 0.462 e. The molecule has 2 amide bonds. The number of para-hydroxylation sites is 2. The van der Waals surface area contributed by atoms with Crippen LogP contribution in [0.15, 0.2) is 54.6 Å². The van der Waals surface area contributed by atoms with Crippen molar-refractivity contribution in [2.75, 3.05) is 23.4 Å². The number of amides is 2. The van der Waals surface area contributed by atoms with Gasteiger partial charge < -0.3 is 15.0 Å². The van der Waals surface area contributed by atoms with Crippen molar-refractivity contribution in [1.82, 2.24) is 0 Å². The number of carbonyl (C=O) groups is 3. The minimum atomic E-state index is -0.509. The lowest BCUT2D eigenvalue weighted by atomic mass is 10.1. The molecule has 0 aliphatic carbocycles. The highest BCUT2D eigenvalue weighted by Crippen LogP contribution is 2.17. The molecule has 0 bridgehead atoms. The minimum Gasteiger partial charge on any atom is -0.462 e. The monoisotopic (exact) mass is 340 g/mol. The van der Waals surface area contributed by atoms with Gasteiger partial charge in [0.2, 0.25) is 11.8 Å². The molecule has 0 saturated carbocycles. The molecule has 0 radical (unpaired) electrons. The Bertz CT molecular complexity index is 759. The Balaban J connectivity index is 2.14. The molecule has 2 rings (SSSR count). The second-order valence-electron chi connectivity index (χ2n) is 5.25. The Kier molecular flexibility index (Phi) is 6.28. The fourth-order valence-electron chi connectivity index (χ4n) is 2.30. The van der Waals surface area contributed by atoms with Crippen molar-refractivity contribution < 1.29 is 19.1 Å². The Morgan fingerprint density at radius 3 is 2.28 bits per heavy atom. The van der Waals surface area contributed by atoms with Gasteiger partial charge in [-0.2, -0.15) is 0 Å². The molecule has 6 nitrogen and oxygen atoms in total. The first-order valence-electron chi connectivity index (χ1n) is 7.92. The number of anilines is 2. The summed E-state index contributed by atoms with van der Waals surface area (Å²) in [5.74, 6) is -1.17. The topological polar surface area (TPSA) is 75.7 Å². The second-order valence-corrected chi connectivity index (χ2v) is 5.25. The van der Waals surface area contributed by atoms with E-state index in [4.69, 9.17) is 4.74 Å². The molecule has 130 valence electrons. The molecular formula is C19H20N2O4. The number of esters is 1. The summed E-state index contributed by atoms with van der Waals surface area (Å²) < 4.78 is 4.98. The molecule has 0 spiro atoms.